The van der Waals surface area contributed by atoms with Gasteiger partial charge in [0, 0.05) is 10.6 Å². The van der Waals surface area contributed by atoms with Crippen LogP contribution in [0.2, 0.25) is 5.02 Å². The Bertz CT molecular complexity index is 488. The molecule has 0 spiro atoms. The average molecular weight is 247 g/mol. The predicted octanol–water partition coefficient (Wildman–Crippen LogP) is 4.62. The summed E-state index contributed by atoms with van der Waals surface area (Å²) in [7, 11) is 0. The third-order valence-corrected chi connectivity index (χ3v) is 2.25. The largest absolute Gasteiger partial charge is 0.464 e. The van der Waals surface area contributed by atoms with Crippen LogP contribution in [0.25, 0.3) is 11.3 Å². The molecule has 0 unspecified atom stereocenters. The van der Waals surface area contributed by atoms with Crippen molar-refractivity contribution in [2.24, 2.45) is 0 Å². The summed E-state index contributed by atoms with van der Waals surface area (Å²) in [5.41, 5.74) is -0.476. The fraction of sp³-hybridized carbons (Fsp3) is 0.0909. The summed E-state index contributed by atoms with van der Waals surface area (Å²) in [6, 6.07) is 6.49. The van der Waals surface area contributed by atoms with Crippen LogP contribution in [0.5, 0.6) is 0 Å². The molecular weight excluding hydrogens is 241 g/mol. The maximum atomic E-state index is 12.5. The lowest BCUT2D eigenvalue weighted by molar-refractivity contribution is -0.137. The lowest BCUT2D eigenvalue weighted by atomic mass is 10.1. The van der Waals surface area contributed by atoms with Crippen LogP contribution in [0.1, 0.15) is 5.56 Å². The zero-order valence-electron chi connectivity index (χ0n) is 7.88. The first-order valence-electron chi connectivity index (χ1n) is 4.38. The lowest BCUT2D eigenvalue weighted by Crippen LogP contribution is -2.04. The van der Waals surface area contributed by atoms with Crippen molar-refractivity contribution < 1.29 is 17.6 Å². The van der Waals surface area contributed by atoms with Crippen LogP contribution >= 0.6 is 11.6 Å². The minimum atomic E-state index is -4.41. The molecule has 0 saturated heterocycles. The molecule has 0 radical (unpaired) electrons. The molecule has 0 aliphatic heterocycles. The quantitative estimate of drug-likeness (QED) is 0.716. The van der Waals surface area contributed by atoms with E-state index in [1.807, 2.05) is 0 Å². The van der Waals surface area contributed by atoms with Gasteiger partial charge in [-0.25, -0.2) is 0 Å². The Labute approximate surface area is 94.4 Å². The molecule has 0 atom stereocenters. The molecule has 1 aromatic carbocycles. The van der Waals surface area contributed by atoms with Crippen molar-refractivity contribution in [3.05, 3.63) is 47.2 Å². The molecule has 0 aliphatic rings. The molecule has 0 bridgehead atoms. The van der Waals surface area contributed by atoms with Crippen molar-refractivity contribution in [2.75, 3.05) is 0 Å². The van der Waals surface area contributed by atoms with E-state index in [2.05, 4.69) is 0 Å². The van der Waals surface area contributed by atoms with E-state index in [1.54, 1.807) is 12.1 Å². The first-order valence-corrected chi connectivity index (χ1v) is 4.76. The molecule has 84 valence electrons. The summed E-state index contributed by atoms with van der Waals surface area (Å²) < 4.78 is 42.5. The Morgan fingerprint density at radius 3 is 2.44 bits per heavy atom. The van der Waals surface area contributed by atoms with Crippen molar-refractivity contribution in [3.8, 4) is 11.3 Å². The van der Waals surface area contributed by atoms with Gasteiger partial charge in [-0.2, -0.15) is 13.2 Å². The number of halogens is 4. The molecule has 2 rings (SSSR count). The Balaban J connectivity index is 2.53. The Morgan fingerprint density at radius 1 is 1.12 bits per heavy atom. The van der Waals surface area contributed by atoms with E-state index in [9.17, 15) is 13.2 Å². The van der Waals surface area contributed by atoms with Crippen molar-refractivity contribution in [1.82, 2.24) is 0 Å². The number of furan rings is 1. The van der Waals surface area contributed by atoms with Gasteiger partial charge in [0.25, 0.3) is 0 Å². The average Bonchev–Trinajstić information content (AvgIpc) is 2.68. The minimum Gasteiger partial charge on any atom is -0.464 e. The Kier molecular flexibility index (Phi) is 2.68. The summed E-state index contributed by atoms with van der Waals surface area (Å²) in [4.78, 5) is 0. The fourth-order valence-corrected chi connectivity index (χ4v) is 1.57. The summed E-state index contributed by atoms with van der Waals surface area (Å²) in [5, 5.41) is 0.0289. The number of hydrogen-bond donors (Lipinski definition) is 0. The molecule has 5 heteroatoms. The standard InChI is InChI=1S/C11H6ClF3O/c12-9-5-7(10-2-1-3-16-10)4-8(6-9)11(13,14)15/h1-6H. The molecule has 1 heterocycles. The smallest absolute Gasteiger partial charge is 0.416 e. The third kappa shape index (κ3) is 2.22. The van der Waals surface area contributed by atoms with Crippen LogP contribution in [0.3, 0.4) is 0 Å². The summed E-state index contributed by atoms with van der Waals surface area (Å²) >= 11 is 5.63. The van der Waals surface area contributed by atoms with E-state index in [0.29, 0.717) is 11.3 Å². The van der Waals surface area contributed by atoms with E-state index in [-0.39, 0.29) is 5.02 Å². The lowest BCUT2D eigenvalue weighted by Gasteiger charge is -2.08. The number of hydrogen-bond acceptors (Lipinski definition) is 1. The highest BCUT2D eigenvalue weighted by molar-refractivity contribution is 6.30. The highest BCUT2D eigenvalue weighted by atomic mass is 35.5. The van der Waals surface area contributed by atoms with Gasteiger partial charge in [-0.15, -0.1) is 0 Å². The van der Waals surface area contributed by atoms with Gasteiger partial charge in [-0.05, 0) is 30.3 Å². The first-order chi connectivity index (χ1) is 7.47. The summed E-state index contributed by atoms with van der Waals surface area (Å²) in [5.74, 6) is 0.355. The van der Waals surface area contributed by atoms with Crippen molar-refractivity contribution in [1.29, 1.82) is 0 Å². The molecular formula is C11H6ClF3O. The topological polar surface area (TPSA) is 13.1 Å². The Hall–Kier alpha value is -1.42. The maximum absolute atomic E-state index is 12.5. The van der Waals surface area contributed by atoms with Gasteiger partial charge in [0.2, 0.25) is 0 Å². The number of benzene rings is 1. The molecule has 0 amide bonds. The second-order valence-electron chi connectivity index (χ2n) is 3.20. The van der Waals surface area contributed by atoms with Gasteiger partial charge in [0.05, 0.1) is 11.8 Å². The van der Waals surface area contributed by atoms with Gasteiger partial charge in [0.15, 0.2) is 0 Å². The molecule has 0 fully saturated rings. The minimum absolute atomic E-state index is 0.0289. The second kappa shape index (κ2) is 3.87. The Morgan fingerprint density at radius 2 is 1.88 bits per heavy atom. The van der Waals surface area contributed by atoms with Gasteiger partial charge < -0.3 is 4.42 Å². The van der Waals surface area contributed by atoms with Crippen molar-refractivity contribution in [2.45, 2.75) is 6.18 Å². The summed E-state index contributed by atoms with van der Waals surface area (Å²) in [6.07, 6.45) is -3.02. The third-order valence-electron chi connectivity index (χ3n) is 2.03. The number of rotatable bonds is 1. The normalized spacial score (nSPS) is 11.8. The van der Waals surface area contributed by atoms with Crippen molar-refractivity contribution in [3.63, 3.8) is 0 Å². The van der Waals surface area contributed by atoms with Crippen LogP contribution in [0.4, 0.5) is 13.2 Å². The van der Waals surface area contributed by atoms with Crippen LogP contribution in [0.15, 0.2) is 41.0 Å². The van der Waals surface area contributed by atoms with E-state index in [0.717, 1.165) is 12.1 Å². The fourth-order valence-electron chi connectivity index (χ4n) is 1.34. The van der Waals surface area contributed by atoms with E-state index >= 15 is 0 Å². The molecule has 0 aliphatic carbocycles. The molecule has 1 nitrogen and oxygen atoms in total. The molecule has 0 saturated carbocycles. The van der Waals surface area contributed by atoms with Gasteiger partial charge >= 0.3 is 6.18 Å². The van der Waals surface area contributed by atoms with E-state index < -0.39 is 11.7 Å². The highest BCUT2D eigenvalue weighted by Gasteiger charge is 2.31. The zero-order valence-corrected chi connectivity index (χ0v) is 8.64. The molecule has 2 aromatic rings. The van der Waals surface area contributed by atoms with E-state index in [1.165, 1.54) is 12.3 Å². The van der Waals surface area contributed by atoms with Crippen LogP contribution in [-0.4, -0.2) is 0 Å². The van der Waals surface area contributed by atoms with Crippen LogP contribution in [-0.2, 0) is 6.18 Å². The van der Waals surface area contributed by atoms with Crippen LogP contribution in [0, 0.1) is 0 Å². The molecule has 16 heavy (non-hydrogen) atoms. The van der Waals surface area contributed by atoms with Gasteiger partial charge in [0.1, 0.15) is 5.76 Å². The SMILES string of the molecule is FC(F)(F)c1cc(Cl)cc(-c2ccco2)c1. The molecule has 0 N–H and O–H groups in total. The summed E-state index contributed by atoms with van der Waals surface area (Å²) in [6.45, 7) is 0. The molecule has 1 aromatic heterocycles. The van der Waals surface area contributed by atoms with Crippen LogP contribution < -0.4 is 0 Å². The van der Waals surface area contributed by atoms with E-state index in [4.69, 9.17) is 16.0 Å². The van der Waals surface area contributed by atoms with Gasteiger partial charge in [-0.1, -0.05) is 11.6 Å². The highest BCUT2D eigenvalue weighted by Crippen LogP contribution is 2.34. The first kappa shape index (κ1) is 11.1. The van der Waals surface area contributed by atoms with Gasteiger partial charge in [-0.3, -0.25) is 0 Å². The second-order valence-corrected chi connectivity index (χ2v) is 3.64. The maximum Gasteiger partial charge on any atom is 0.416 e. The predicted molar refractivity (Wildman–Crippen MR) is 54.2 cm³/mol. The number of alkyl halides is 3. The zero-order chi connectivity index (χ0) is 11.8. The monoisotopic (exact) mass is 246 g/mol. The van der Waals surface area contributed by atoms with Crippen molar-refractivity contribution >= 4 is 11.6 Å².